The van der Waals surface area contributed by atoms with Gasteiger partial charge in [0, 0.05) is 14.2 Å². The first-order valence-corrected chi connectivity index (χ1v) is 10.0. The minimum atomic E-state index is -3.19. The van der Waals surface area contributed by atoms with E-state index in [9.17, 15) is 4.57 Å². The fraction of sp³-hybridized carbons (Fsp3) is 1.00. The maximum absolute atomic E-state index is 12.3. The van der Waals surface area contributed by atoms with Crippen LogP contribution in [0.4, 0.5) is 0 Å². The molecule has 0 aromatic rings. The predicted molar refractivity (Wildman–Crippen MR) is 64.8 cm³/mol. The molecule has 0 radical (unpaired) electrons. The van der Waals surface area contributed by atoms with Gasteiger partial charge in [0.1, 0.15) is 0 Å². The summed E-state index contributed by atoms with van der Waals surface area (Å²) in [5.41, 5.74) is 0. The first-order valence-electron chi connectivity index (χ1n) is 5.06. The Labute approximate surface area is 94.0 Å². The lowest BCUT2D eigenvalue weighted by Crippen LogP contribution is -2.40. The van der Waals surface area contributed by atoms with Crippen LogP contribution in [0.1, 0.15) is 20.3 Å². The molecule has 15 heavy (non-hydrogen) atoms. The van der Waals surface area contributed by atoms with Crippen LogP contribution in [0.5, 0.6) is 0 Å². The van der Waals surface area contributed by atoms with Crippen molar-refractivity contribution >= 4 is 15.9 Å². The lowest BCUT2D eigenvalue weighted by atomic mass is 10.3. The topological polar surface area (TPSA) is 44.8 Å². The molecule has 92 valence electrons. The Morgan fingerprint density at radius 3 is 1.80 bits per heavy atom. The normalized spacial score (nSPS) is 17.5. The Hall–Kier alpha value is 0.327. The molecule has 0 N–H and O–H groups in total. The van der Waals surface area contributed by atoms with Gasteiger partial charge < -0.3 is 13.5 Å². The van der Waals surface area contributed by atoms with Crippen molar-refractivity contribution in [2.75, 3.05) is 14.2 Å². The molecular formula is C9H23O4PSi. The van der Waals surface area contributed by atoms with Crippen molar-refractivity contribution in [3.63, 3.8) is 0 Å². The highest BCUT2D eigenvalue weighted by atomic mass is 31.2. The van der Waals surface area contributed by atoms with Gasteiger partial charge >= 0.3 is 7.60 Å². The summed E-state index contributed by atoms with van der Waals surface area (Å²) < 4.78 is 28.3. The van der Waals surface area contributed by atoms with Crippen molar-refractivity contribution in [3.05, 3.63) is 0 Å². The molecule has 0 aromatic heterocycles. The number of hydrogen-bond acceptors (Lipinski definition) is 4. The second-order valence-electron chi connectivity index (χ2n) is 4.61. The van der Waals surface area contributed by atoms with E-state index in [4.69, 9.17) is 13.5 Å². The fourth-order valence-corrected chi connectivity index (χ4v) is 5.48. The van der Waals surface area contributed by atoms with Gasteiger partial charge in [0.05, 0.1) is 0 Å². The third-order valence-electron chi connectivity index (χ3n) is 2.24. The molecule has 0 aromatic carbocycles. The van der Waals surface area contributed by atoms with E-state index < -0.39 is 21.3 Å². The van der Waals surface area contributed by atoms with E-state index in [1.54, 1.807) is 6.92 Å². The van der Waals surface area contributed by atoms with Gasteiger partial charge in [-0.1, -0.05) is 6.92 Å². The highest BCUT2D eigenvalue weighted by Gasteiger charge is 2.48. The molecule has 0 fully saturated rings. The Morgan fingerprint density at radius 1 is 1.20 bits per heavy atom. The van der Waals surface area contributed by atoms with Gasteiger partial charge in [-0.2, -0.15) is 0 Å². The molecule has 0 aliphatic heterocycles. The average Bonchev–Trinajstić information content (AvgIpc) is 2.13. The maximum Gasteiger partial charge on any atom is 0.360 e. The standard InChI is InChI=1S/C9H23O4PSi/c1-8-9(2,13-15(5,6)7)14(10,11-3)12-4/h8H2,1-7H3. The van der Waals surface area contributed by atoms with Gasteiger partial charge in [0.15, 0.2) is 13.7 Å². The first kappa shape index (κ1) is 15.3. The molecule has 0 amide bonds. The summed E-state index contributed by atoms with van der Waals surface area (Å²) in [5, 5.41) is -0.846. The van der Waals surface area contributed by atoms with Gasteiger partial charge in [-0.15, -0.1) is 0 Å². The van der Waals surface area contributed by atoms with Gasteiger partial charge in [0.2, 0.25) is 0 Å². The monoisotopic (exact) mass is 254 g/mol. The smallest absolute Gasteiger partial charge is 0.360 e. The summed E-state index contributed by atoms with van der Waals surface area (Å²) in [5.74, 6) is 0. The molecule has 1 atom stereocenters. The molecule has 4 nitrogen and oxygen atoms in total. The minimum Gasteiger partial charge on any atom is -0.402 e. The van der Waals surface area contributed by atoms with Gasteiger partial charge in [-0.05, 0) is 33.0 Å². The van der Waals surface area contributed by atoms with E-state index in [1.165, 1.54) is 14.2 Å². The SMILES string of the molecule is CCC(C)(O[Si](C)(C)C)P(=O)(OC)OC. The van der Waals surface area contributed by atoms with Crippen LogP contribution >= 0.6 is 7.60 Å². The van der Waals surface area contributed by atoms with Crippen molar-refractivity contribution in [2.24, 2.45) is 0 Å². The van der Waals surface area contributed by atoms with Crippen LogP contribution < -0.4 is 0 Å². The number of rotatable bonds is 6. The van der Waals surface area contributed by atoms with Gasteiger partial charge in [-0.3, -0.25) is 4.57 Å². The molecule has 0 aliphatic carbocycles. The zero-order valence-electron chi connectivity index (χ0n) is 10.8. The van der Waals surface area contributed by atoms with Gasteiger partial charge in [-0.25, -0.2) is 0 Å². The zero-order chi connectivity index (χ0) is 12.3. The fourth-order valence-electron chi connectivity index (χ4n) is 1.44. The van der Waals surface area contributed by atoms with E-state index in [2.05, 4.69) is 19.6 Å². The highest BCUT2D eigenvalue weighted by Crippen LogP contribution is 2.61. The largest absolute Gasteiger partial charge is 0.402 e. The highest BCUT2D eigenvalue weighted by molar-refractivity contribution is 7.55. The van der Waals surface area contributed by atoms with E-state index in [0.717, 1.165) is 0 Å². The quantitative estimate of drug-likeness (QED) is 0.538. The third-order valence-corrected chi connectivity index (χ3v) is 6.00. The average molecular weight is 254 g/mol. The molecule has 0 spiro atoms. The Bertz CT molecular complexity index is 243. The summed E-state index contributed by atoms with van der Waals surface area (Å²) >= 11 is 0. The van der Waals surface area contributed by atoms with Crippen molar-refractivity contribution in [2.45, 2.75) is 45.3 Å². The molecule has 0 bridgehead atoms. The molecule has 0 aliphatic rings. The van der Waals surface area contributed by atoms with Crippen LogP contribution in [0.3, 0.4) is 0 Å². The molecule has 0 saturated carbocycles. The summed E-state index contributed by atoms with van der Waals surface area (Å²) in [6.07, 6.45) is 0.593. The summed E-state index contributed by atoms with van der Waals surface area (Å²) in [6.45, 7) is 9.87. The molecule has 0 heterocycles. The third kappa shape index (κ3) is 3.68. The molecule has 0 rings (SSSR count). The zero-order valence-corrected chi connectivity index (χ0v) is 12.7. The van der Waals surface area contributed by atoms with Crippen LogP contribution in [0.2, 0.25) is 19.6 Å². The van der Waals surface area contributed by atoms with E-state index in [0.29, 0.717) is 6.42 Å². The molecular weight excluding hydrogens is 231 g/mol. The van der Waals surface area contributed by atoms with Crippen molar-refractivity contribution in [3.8, 4) is 0 Å². The first-order chi connectivity index (χ1) is 6.64. The lowest BCUT2D eigenvalue weighted by Gasteiger charge is -2.38. The van der Waals surface area contributed by atoms with Crippen molar-refractivity contribution < 1.29 is 18.0 Å². The Morgan fingerprint density at radius 2 is 1.60 bits per heavy atom. The van der Waals surface area contributed by atoms with E-state index in [1.807, 2.05) is 6.92 Å². The second kappa shape index (κ2) is 5.10. The second-order valence-corrected chi connectivity index (χ2v) is 11.7. The summed E-state index contributed by atoms with van der Waals surface area (Å²) in [4.78, 5) is 0. The summed E-state index contributed by atoms with van der Waals surface area (Å²) in [7, 11) is -2.19. The van der Waals surface area contributed by atoms with Crippen LogP contribution in [-0.2, 0) is 18.0 Å². The lowest BCUT2D eigenvalue weighted by molar-refractivity contribution is 0.107. The minimum absolute atomic E-state index is 0.593. The molecule has 1 unspecified atom stereocenters. The van der Waals surface area contributed by atoms with E-state index in [-0.39, 0.29) is 0 Å². The van der Waals surface area contributed by atoms with E-state index >= 15 is 0 Å². The van der Waals surface area contributed by atoms with Crippen molar-refractivity contribution in [1.82, 2.24) is 0 Å². The Balaban J connectivity index is 5.08. The van der Waals surface area contributed by atoms with Crippen LogP contribution in [0.25, 0.3) is 0 Å². The maximum atomic E-state index is 12.3. The van der Waals surface area contributed by atoms with Crippen molar-refractivity contribution in [1.29, 1.82) is 0 Å². The summed E-state index contributed by atoms with van der Waals surface area (Å²) in [6, 6.07) is 0. The predicted octanol–water partition coefficient (Wildman–Crippen LogP) is 3.45. The van der Waals surface area contributed by atoms with Crippen LogP contribution in [-0.4, -0.2) is 27.9 Å². The van der Waals surface area contributed by atoms with Gasteiger partial charge in [0.25, 0.3) is 0 Å². The Kier molecular flexibility index (Phi) is 5.22. The molecule has 6 heteroatoms. The van der Waals surface area contributed by atoms with Crippen LogP contribution in [0, 0.1) is 0 Å². The molecule has 0 saturated heterocycles. The van der Waals surface area contributed by atoms with Crippen LogP contribution in [0.15, 0.2) is 0 Å². The number of hydrogen-bond donors (Lipinski definition) is 0.